The number of phenolic OH excluding ortho intramolecular Hbond substituents is 1. The maximum absolute atomic E-state index is 12.1. The van der Waals surface area contributed by atoms with Gasteiger partial charge in [-0.25, -0.2) is 5.43 Å². The van der Waals surface area contributed by atoms with Gasteiger partial charge in [0.1, 0.15) is 23.0 Å². The van der Waals surface area contributed by atoms with Crippen molar-refractivity contribution in [3.05, 3.63) is 47.5 Å². The van der Waals surface area contributed by atoms with Gasteiger partial charge in [-0.05, 0) is 31.2 Å². The van der Waals surface area contributed by atoms with Gasteiger partial charge in [-0.1, -0.05) is 0 Å². The van der Waals surface area contributed by atoms with Gasteiger partial charge in [0.15, 0.2) is 0 Å². The van der Waals surface area contributed by atoms with E-state index in [4.69, 9.17) is 14.2 Å². The number of benzene rings is 2. The summed E-state index contributed by atoms with van der Waals surface area (Å²) >= 11 is 0. The predicted octanol–water partition coefficient (Wildman–Crippen LogP) is 2.57. The molecule has 132 valence electrons. The summed E-state index contributed by atoms with van der Waals surface area (Å²) in [5.41, 5.74) is 3.65. The van der Waals surface area contributed by atoms with Crippen LogP contribution >= 0.6 is 0 Å². The number of hydrazone groups is 1. The van der Waals surface area contributed by atoms with Crippen LogP contribution < -0.4 is 19.6 Å². The zero-order valence-electron chi connectivity index (χ0n) is 14.5. The maximum Gasteiger partial charge on any atom is 0.271 e. The molecule has 0 spiro atoms. The molecule has 0 aliphatic heterocycles. The van der Waals surface area contributed by atoms with E-state index in [1.165, 1.54) is 20.3 Å². The molecule has 0 saturated heterocycles. The van der Waals surface area contributed by atoms with Crippen LogP contribution in [0.15, 0.2) is 41.5 Å². The summed E-state index contributed by atoms with van der Waals surface area (Å²) in [4.78, 5) is 12.1. The number of nitrogens with one attached hydrogen (secondary N) is 1. The molecule has 7 nitrogen and oxygen atoms in total. The second-order valence-corrected chi connectivity index (χ2v) is 5.09. The van der Waals surface area contributed by atoms with E-state index in [-0.39, 0.29) is 11.7 Å². The first-order valence-corrected chi connectivity index (χ1v) is 7.44. The van der Waals surface area contributed by atoms with E-state index < -0.39 is 0 Å². The molecule has 0 atom stereocenters. The number of rotatable bonds is 6. The van der Waals surface area contributed by atoms with Gasteiger partial charge in [-0.2, -0.15) is 5.10 Å². The lowest BCUT2D eigenvalue weighted by molar-refractivity contribution is 0.0954. The highest BCUT2D eigenvalue weighted by molar-refractivity contribution is 6.05. The highest BCUT2D eigenvalue weighted by Crippen LogP contribution is 2.33. The molecule has 7 heteroatoms. The number of nitrogens with zero attached hydrogens (tertiary/aromatic N) is 1. The Morgan fingerprint density at radius 1 is 1.00 bits per heavy atom. The summed E-state index contributed by atoms with van der Waals surface area (Å²) in [6, 6.07) is 9.70. The number of carbonyl (C=O) groups is 1. The molecule has 0 unspecified atom stereocenters. The minimum atomic E-state index is -0.381. The Bertz CT molecular complexity index is 785. The van der Waals surface area contributed by atoms with Gasteiger partial charge in [0, 0.05) is 17.7 Å². The number of carbonyl (C=O) groups excluding carboxylic acids is 1. The summed E-state index contributed by atoms with van der Waals surface area (Å²) in [6.07, 6.45) is 0. The fourth-order valence-electron chi connectivity index (χ4n) is 2.22. The van der Waals surface area contributed by atoms with Crippen LogP contribution in [-0.2, 0) is 0 Å². The Morgan fingerprint density at radius 3 is 2.20 bits per heavy atom. The molecule has 0 saturated carbocycles. The monoisotopic (exact) mass is 344 g/mol. The molecular weight excluding hydrogens is 324 g/mol. The topological polar surface area (TPSA) is 89.4 Å². The molecule has 2 aromatic rings. The SMILES string of the molecule is COc1ccc(C(=O)NN=C(C)c2c(O)cc(OC)cc2OC)cc1. The fourth-order valence-corrected chi connectivity index (χ4v) is 2.22. The summed E-state index contributed by atoms with van der Waals surface area (Å²) in [5.74, 6) is 1.05. The minimum Gasteiger partial charge on any atom is -0.507 e. The van der Waals surface area contributed by atoms with Crippen molar-refractivity contribution in [1.82, 2.24) is 5.43 Å². The summed E-state index contributed by atoms with van der Waals surface area (Å²) in [6.45, 7) is 1.65. The molecule has 0 fully saturated rings. The van der Waals surface area contributed by atoms with E-state index in [2.05, 4.69) is 10.5 Å². The van der Waals surface area contributed by atoms with Crippen molar-refractivity contribution < 1.29 is 24.1 Å². The van der Waals surface area contributed by atoms with Crippen LogP contribution in [0.2, 0.25) is 0 Å². The van der Waals surface area contributed by atoms with Crippen molar-refractivity contribution in [1.29, 1.82) is 0 Å². The number of phenols is 1. The zero-order valence-corrected chi connectivity index (χ0v) is 14.5. The van der Waals surface area contributed by atoms with Crippen LogP contribution in [-0.4, -0.2) is 38.1 Å². The molecule has 0 radical (unpaired) electrons. The van der Waals surface area contributed by atoms with Crippen LogP contribution in [0.3, 0.4) is 0 Å². The van der Waals surface area contributed by atoms with Gasteiger partial charge in [-0.3, -0.25) is 4.79 Å². The van der Waals surface area contributed by atoms with Crippen molar-refractivity contribution in [2.45, 2.75) is 6.92 Å². The number of amides is 1. The maximum atomic E-state index is 12.1. The number of aromatic hydroxyl groups is 1. The molecule has 1 amide bonds. The zero-order chi connectivity index (χ0) is 18.4. The molecule has 0 aliphatic rings. The van der Waals surface area contributed by atoms with E-state index in [1.807, 2.05) is 0 Å². The number of methoxy groups -OCH3 is 3. The Labute approximate surface area is 145 Å². The molecule has 2 N–H and O–H groups in total. The summed E-state index contributed by atoms with van der Waals surface area (Å²) < 4.78 is 15.4. The Morgan fingerprint density at radius 2 is 1.64 bits per heavy atom. The van der Waals surface area contributed by atoms with Gasteiger partial charge >= 0.3 is 0 Å². The average Bonchev–Trinajstić information content (AvgIpc) is 2.64. The van der Waals surface area contributed by atoms with Gasteiger partial charge in [0.2, 0.25) is 0 Å². The van der Waals surface area contributed by atoms with Crippen LogP contribution in [0, 0.1) is 0 Å². The highest BCUT2D eigenvalue weighted by atomic mass is 16.5. The number of hydrogen-bond donors (Lipinski definition) is 2. The van der Waals surface area contributed by atoms with E-state index in [0.29, 0.717) is 34.1 Å². The van der Waals surface area contributed by atoms with Crippen LogP contribution in [0.25, 0.3) is 0 Å². The molecule has 0 bridgehead atoms. The van der Waals surface area contributed by atoms with Gasteiger partial charge in [0.05, 0.1) is 32.6 Å². The van der Waals surface area contributed by atoms with Crippen molar-refractivity contribution in [3.8, 4) is 23.0 Å². The third-order valence-electron chi connectivity index (χ3n) is 3.55. The van der Waals surface area contributed by atoms with Gasteiger partial charge in [-0.15, -0.1) is 0 Å². The quantitative estimate of drug-likeness (QED) is 0.621. The first-order chi connectivity index (χ1) is 12.0. The third-order valence-corrected chi connectivity index (χ3v) is 3.55. The predicted molar refractivity (Wildman–Crippen MR) is 93.9 cm³/mol. The number of ether oxygens (including phenoxy) is 3. The second kappa shape index (κ2) is 8.05. The molecule has 0 aromatic heterocycles. The Balaban J connectivity index is 2.22. The van der Waals surface area contributed by atoms with Gasteiger partial charge < -0.3 is 19.3 Å². The lowest BCUT2D eigenvalue weighted by Crippen LogP contribution is -2.19. The molecular formula is C18H20N2O5. The van der Waals surface area contributed by atoms with Crippen molar-refractivity contribution in [2.24, 2.45) is 5.10 Å². The minimum absolute atomic E-state index is 0.0591. The Hall–Kier alpha value is -3.22. The van der Waals surface area contributed by atoms with Gasteiger partial charge in [0.25, 0.3) is 5.91 Å². The van der Waals surface area contributed by atoms with Crippen molar-refractivity contribution in [2.75, 3.05) is 21.3 Å². The normalized spacial score (nSPS) is 11.0. The third kappa shape index (κ3) is 4.20. The summed E-state index contributed by atoms with van der Waals surface area (Å²) in [7, 11) is 4.52. The second-order valence-electron chi connectivity index (χ2n) is 5.09. The van der Waals surface area contributed by atoms with Crippen LogP contribution in [0.5, 0.6) is 23.0 Å². The van der Waals surface area contributed by atoms with E-state index in [9.17, 15) is 9.90 Å². The molecule has 0 heterocycles. The van der Waals surface area contributed by atoms with E-state index >= 15 is 0 Å². The highest BCUT2D eigenvalue weighted by Gasteiger charge is 2.15. The van der Waals surface area contributed by atoms with Crippen LogP contribution in [0.1, 0.15) is 22.8 Å². The van der Waals surface area contributed by atoms with E-state index in [0.717, 1.165) is 0 Å². The number of hydrogen-bond acceptors (Lipinski definition) is 6. The lowest BCUT2D eigenvalue weighted by Gasteiger charge is -2.12. The molecule has 2 rings (SSSR count). The first kappa shape index (κ1) is 18.1. The molecule has 2 aromatic carbocycles. The summed E-state index contributed by atoms with van der Waals surface area (Å²) in [5, 5.41) is 14.2. The Kier molecular flexibility index (Phi) is 5.84. The largest absolute Gasteiger partial charge is 0.507 e. The lowest BCUT2D eigenvalue weighted by atomic mass is 10.1. The van der Waals surface area contributed by atoms with E-state index in [1.54, 1.807) is 44.4 Å². The molecule has 0 aliphatic carbocycles. The van der Waals surface area contributed by atoms with Crippen molar-refractivity contribution >= 4 is 11.6 Å². The fraction of sp³-hybridized carbons (Fsp3) is 0.222. The molecule has 25 heavy (non-hydrogen) atoms. The average molecular weight is 344 g/mol. The standard InChI is InChI=1S/C18H20N2O5/c1-11(17-15(21)9-14(24-3)10-16(17)25-4)19-20-18(22)12-5-7-13(23-2)8-6-12/h5-10,21H,1-4H3,(H,20,22). The smallest absolute Gasteiger partial charge is 0.271 e. The first-order valence-electron chi connectivity index (χ1n) is 7.44. The van der Waals surface area contributed by atoms with Crippen molar-refractivity contribution in [3.63, 3.8) is 0 Å². The van der Waals surface area contributed by atoms with Crippen LogP contribution in [0.4, 0.5) is 0 Å².